The molecule has 0 aliphatic heterocycles. The second-order valence-corrected chi connectivity index (χ2v) is 3.76. The van der Waals surface area contributed by atoms with Crippen molar-refractivity contribution in [3.63, 3.8) is 0 Å². The van der Waals surface area contributed by atoms with Crippen LogP contribution >= 0.6 is 24.0 Å². The van der Waals surface area contributed by atoms with Gasteiger partial charge in [-0.2, -0.15) is 13.2 Å². The zero-order chi connectivity index (χ0) is 12.3. The largest absolute Gasteiger partial charge is 0.417 e. The van der Waals surface area contributed by atoms with Gasteiger partial charge in [-0.15, -0.1) is 12.4 Å². The monoisotopic (exact) mass is 289 g/mol. The number of hydrogen-bond donors (Lipinski definition) is 2. The van der Waals surface area contributed by atoms with Crippen molar-refractivity contribution >= 4 is 24.0 Å². The molecule has 7 heteroatoms. The minimum Gasteiger partial charge on any atom is -0.396 e. The molecule has 0 aliphatic rings. The van der Waals surface area contributed by atoms with Crippen LogP contribution < -0.4 is 5.73 Å². The van der Waals surface area contributed by atoms with Gasteiger partial charge in [0.1, 0.15) is 0 Å². The normalized spacial score (nSPS) is 13.1. The molecule has 0 spiro atoms. The Labute approximate surface area is 108 Å². The second-order valence-electron chi connectivity index (χ2n) is 3.36. The van der Waals surface area contributed by atoms with E-state index in [1.54, 1.807) is 0 Å². The lowest BCUT2D eigenvalue weighted by molar-refractivity contribution is -0.137. The highest BCUT2D eigenvalue weighted by Gasteiger charge is 2.33. The molecule has 0 amide bonds. The van der Waals surface area contributed by atoms with Crippen molar-refractivity contribution in [1.82, 2.24) is 0 Å². The van der Waals surface area contributed by atoms with Crippen LogP contribution in [0.1, 0.15) is 23.6 Å². The lowest BCUT2D eigenvalue weighted by Crippen LogP contribution is -2.14. The fourth-order valence-electron chi connectivity index (χ4n) is 1.30. The minimum atomic E-state index is -4.49. The average molecular weight is 290 g/mol. The lowest BCUT2D eigenvalue weighted by Gasteiger charge is -2.14. The summed E-state index contributed by atoms with van der Waals surface area (Å²) in [6.07, 6.45) is -4.29. The van der Waals surface area contributed by atoms with Gasteiger partial charge in [0.05, 0.1) is 10.6 Å². The number of alkyl halides is 3. The van der Waals surface area contributed by atoms with Gasteiger partial charge in [-0.3, -0.25) is 0 Å². The van der Waals surface area contributed by atoms with Crippen LogP contribution in [0.3, 0.4) is 0 Å². The molecular weight excluding hydrogens is 278 g/mol. The molecule has 17 heavy (non-hydrogen) atoms. The summed E-state index contributed by atoms with van der Waals surface area (Å²) in [6.45, 7) is -0.175. The van der Waals surface area contributed by atoms with E-state index < -0.39 is 17.8 Å². The molecule has 0 bridgehead atoms. The van der Waals surface area contributed by atoms with Crippen molar-refractivity contribution in [2.75, 3.05) is 6.61 Å². The van der Waals surface area contributed by atoms with Crippen molar-refractivity contribution in [2.24, 2.45) is 5.73 Å². The average Bonchev–Trinajstić information content (AvgIpc) is 2.16. The zero-order valence-electron chi connectivity index (χ0n) is 8.67. The highest BCUT2D eigenvalue weighted by Crippen LogP contribution is 2.36. The summed E-state index contributed by atoms with van der Waals surface area (Å²) in [5.74, 6) is 0. The fourth-order valence-corrected chi connectivity index (χ4v) is 1.52. The Morgan fingerprint density at radius 3 is 2.41 bits per heavy atom. The van der Waals surface area contributed by atoms with E-state index in [0.717, 1.165) is 12.1 Å². The van der Waals surface area contributed by atoms with Crippen LogP contribution in [0.4, 0.5) is 13.2 Å². The van der Waals surface area contributed by atoms with Gasteiger partial charge < -0.3 is 10.8 Å². The first kappa shape index (κ1) is 16.5. The van der Waals surface area contributed by atoms with E-state index >= 15 is 0 Å². The van der Waals surface area contributed by atoms with Gasteiger partial charge in [-0.1, -0.05) is 17.7 Å². The molecule has 0 heterocycles. The smallest absolute Gasteiger partial charge is 0.396 e. The van der Waals surface area contributed by atoms with Gasteiger partial charge in [0.25, 0.3) is 0 Å². The number of benzene rings is 1. The molecule has 0 aromatic heterocycles. The van der Waals surface area contributed by atoms with Gasteiger partial charge >= 0.3 is 6.18 Å². The van der Waals surface area contributed by atoms with Gasteiger partial charge in [-0.05, 0) is 24.1 Å². The van der Waals surface area contributed by atoms with Crippen molar-refractivity contribution in [1.29, 1.82) is 0 Å². The highest BCUT2D eigenvalue weighted by molar-refractivity contribution is 6.31. The van der Waals surface area contributed by atoms with Crippen molar-refractivity contribution in [3.8, 4) is 0 Å². The Balaban J connectivity index is 0.00000256. The van der Waals surface area contributed by atoms with E-state index in [0.29, 0.717) is 5.56 Å². The third-order valence-electron chi connectivity index (χ3n) is 2.16. The maximum Gasteiger partial charge on any atom is 0.417 e. The van der Waals surface area contributed by atoms with E-state index in [-0.39, 0.29) is 30.5 Å². The number of rotatable bonds is 3. The molecule has 1 unspecified atom stereocenters. The molecule has 0 fully saturated rings. The van der Waals surface area contributed by atoms with Crippen LogP contribution in [0, 0.1) is 0 Å². The summed E-state index contributed by atoms with van der Waals surface area (Å²) in [7, 11) is 0. The minimum absolute atomic E-state index is 0. The first-order valence-electron chi connectivity index (χ1n) is 4.59. The Hall–Kier alpha value is -0.490. The lowest BCUT2D eigenvalue weighted by atomic mass is 10.0. The number of aliphatic hydroxyl groups is 1. The van der Waals surface area contributed by atoms with E-state index in [4.69, 9.17) is 22.4 Å². The first-order valence-corrected chi connectivity index (χ1v) is 4.97. The molecule has 1 atom stereocenters. The third-order valence-corrected chi connectivity index (χ3v) is 2.49. The molecule has 1 aromatic carbocycles. The quantitative estimate of drug-likeness (QED) is 0.898. The Morgan fingerprint density at radius 2 is 1.94 bits per heavy atom. The molecule has 1 aromatic rings. The number of nitrogens with two attached hydrogens (primary N) is 1. The van der Waals surface area contributed by atoms with Crippen molar-refractivity contribution in [3.05, 3.63) is 34.3 Å². The molecule has 0 saturated carbocycles. The molecule has 3 N–H and O–H groups in total. The van der Waals surface area contributed by atoms with Crippen LogP contribution in [0.5, 0.6) is 0 Å². The molecule has 1 rings (SSSR count). The maximum absolute atomic E-state index is 12.5. The third kappa shape index (κ3) is 4.35. The summed E-state index contributed by atoms with van der Waals surface area (Å²) in [4.78, 5) is 0. The SMILES string of the molecule is Cl.NC(CCO)c1ccc(Cl)c(C(F)(F)F)c1. The highest BCUT2D eigenvalue weighted by atomic mass is 35.5. The number of hydrogen-bond acceptors (Lipinski definition) is 2. The summed E-state index contributed by atoms with van der Waals surface area (Å²) >= 11 is 5.45. The maximum atomic E-state index is 12.5. The van der Waals surface area contributed by atoms with Crippen LogP contribution in [0.15, 0.2) is 18.2 Å². The molecule has 0 aliphatic carbocycles. The predicted molar refractivity (Wildman–Crippen MR) is 62.3 cm³/mol. The summed E-state index contributed by atoms with van der Waals surface area (Å²) in [5, 5.41) is 8.30. The molecular formula is C10H12Cl2F3NO. The van der Waals surface area contributed by atoms with E-state index in [1.807, 2.05) is 0 Å². The second kappa shape index (κ2) is 6.44. The molecule has 2 nitrogen and oxygen atoms in total. The van der Waals surface area contributed by atoms with Gasteiger partial charge in [0.2, 0.25) is 0 Å². The van der Waals surface area contributed by atoms with Crippen LogP contribution in [-0.2, 0) is 6.18 Å². The van der Waals surface area contributed by atoms with Crippen LogP contribution in [0.2, 0.25) is 5.02 Å². The Morgan fingerprint density at radius 1 is 1.35 bits per heavy atom. The Kier molecular flexibility index (Phi) is 6.26. The fraction of sp³-hybridized carbons (Fsp3) is 0.400. The van der Waals surface area contributed by atoms with Crippen molar-refractivity contribution < 1.29 is 18.3 Å². The molecule has 0 radical (unpaired) electrons. The van der Waals surface area contributed by atoms with Crippen LogP contribution in [0.25, 0.3) is 0 Å². The van der Waals surface area contributed by atoms with E-state index in [9.17, 15) is 13.2 Å². The van der Waals surface area contributed by atoms with Gasteiger partial charge in [0, 0.05) is 12.6 Å². The number of aliphatic hydroxyl groups excluding tert-OH is 1. The van der Waals surface area contributed by atoms with Crippen LogP contribution in [-0.4, -0.2) is 11.7 Å². The van der Waals surface area contributed by atoms with E-state index in [2.05, 4.69) is 0 Å². The predicted octanol–water partition coefficient (Wildman–Crippen LogP) is 3.16. The summed E-state index contributed by atoms with van der Waals surface area (Å²) < 4.78 is 37.5. The first-order chi connectivity index (χ1) is 7.36. The number of halogens is 5. The zero-order valence-corrected chi connectivity index (χ0v) is 10.2. The molecule has 98 valence electrons. The Bertz CT molecular complexity index is 371. The molecule has 0 saturated heterocycles. The standard InChI is InChI=1S/C10H11ClF3NO.ClH/c11-8-2-1-6(9(15)3-4-16)5-7(8)10(12,13)14;/h1-2,5,9,16H,3-4,15H2;1H. The topological polar surface area (TPSA) is 46.2 Å². The van der Waals surface area contributed by atoms with E-state index in [1.165, 1.54) is 6.07 Å². The van der Waals surface area contributed by atoms with Crippen molar-refractivity contribution in [2.45, 2.75) is 18.6 Å². The summed E-state index contributed by atoms with van der Waals surface area (Å²) in [5.41, 5.74) is 5.01. The van der Waals surface area contributed by atoms with Gasteiger partial charge in [0.15, 0.2) is 0 Å². The van der Waals surface area contributed by atoms with Gasteiger partial charge in [-0.25, -0.2) is 0 Å². The summed E-state index contributed by atoms with van der Waals surface area (Å²) in [6, 6.07) is 2.89.